The van der Waals surface area contributed by atoms with Gasteiger partial charge in [0.1, 0.15) is 0 Å². The van der Waals surface area contributed by atoms with Gasteiger partial charge in [0.25, 0.3) is 0 Å². The van der Waals surface area contributed by atoms with Crippen molar-refractivity contribution in [1.82, 2.24) is 20.3 Å². The Morgan fingerprint density at radius 3 is 2.84 bits per heavy atom. The van der Waals surface area contributed by atoms with Gasteiger partial charge in [-0.1, -0.05) is 24.9 Å². The van der Waals surface area contributed by atoms with Crippen LogP contribution in [-0.2, 0) is 0 Å². The summed E-state index contributed by atoms with van der Waals surface area (Å²) in [5.41, 5.74) is 2.39. The molecule has 1 aliphatic heterocycles. The van der Waals surface area contributed by atoms with Gasteiger partial charge in [0.05, 0.1) is 27.0 Å². The van der Waals surface area contributed by atoms with E-state index >= 15 is 4.39 Å². The number of hydrogen-bond donors (Lipinski definition) is 3. The van der Waals surface area contributed by atoms with Gasteiger partial charge in [-0.15, -0.1) is 11.3 Å². The van der Waals surface area contributed by atoms with Gasteiger partial charge in [0, 0.05) is 30.5 Å². The molecule has 1 saturated heterocycles. The average Bonchev–Trinajstić information content (AvgIpc) is 3.26. The van der Waals surface area contributed by atoms with E-state index < -0.39 is 0 Å². The Balaban J connectivity index is 1.78. The van der Waals surface area contributed by atoms with Gasteiger partial charge in [-0.05, 0) is 50.6 Å². The van der Waals surface area contributed by atoms with E-state index in [0.29, 0.717) is 28.8 Å². The van der Waals surface area contributed by atoms with E-state index in [-0.39, 0.29) is 5.82 Å². The standard InChI is InChI=1S/C22H27FN6S2/c1-3-13-30-29-16-6-4-5-15(18(16)23)19-20(17-9-12-26-22(24-2)27-17)31-21(28-19)14-7-10-25-11-8-14/h4-6,9,12,14,25,29H,3,7-8,10-11,13H2,1-2H3,(H,24,26,27). The predicted molar refractivity (Wildman–Crippen MR) is 129 cm³/mol. The molecule has 3 N–H and O–H groups in total. The molecule has 0 aliphatic carbocycles. The first kappa shape index (κ1) is 22.0. The summed E-state index contributed by atoms with van der Waals surface area (Å²) in [4.78, 5) is 14.7. The highest BCUT2D eigenvalue weighted by Gasteiger charge is 2.25. The van der Waals surface area contributed by atoms with Crippen LogP contribution in [0, 0.1) is 5.82 Å². The van der Waals surface area contributed by atoms with Gasteiger partial charge in [-0.3, -0.25) is 0 Å². The van der Waals surface area contributed by atoms with Crippen molar-refractivity contribution in [2.24, 2.45) is 0 Å². The summed E-state index contributed by atoms with van der Waals surface area (Å²) in [6.45, 7) is 4.07. The van der Waals surface area contributed by atoms with Crippen LogP contribution in [0.2, 0.25) is 0 Å². The maximum atomic E-state index is 15.5. The molecule has 1 aliphatic rings. The maximum Gasteiger partial charge on any atom is 0.222 e. The fourth-order valence-corrected chi connectivity index (χ4v) is 5.40. The number of halogens is 1. The van der Waals surface area contributed by atoms with E-state index in [2.05, 4.69) is 32.2 Å². The van der Waals surface area contributed by atoms with Crippen molar-refractivity contribution in [2.45, 2.75) is 32.1 Å². The lowest BCUT2D eigenvalue weighted by atomic mass is 9.99. The Morgan fingerprint density at radius 2 is 2.06 bits per heavy atom. The smallest absolute Gasteiger partial charge is 0.222 e. The van der Waals surface area contributed by atoms with E-state index in [1.54, 1.807) is 36.7 Å². The van der Waals surface area contributed by atoms with Gasteiger partial charge in [-0.2, -0.15) is 0 Å². The van der Waals surface area contributed by atoms with Crippen molar-refractivity contribution in [3.63, 3.8) is 0 Å². The van der Waals surface area contributed by atoms with E-state index in [1.807, 2.05) is 12.1 Å². The summed E-state index contributed by atoms with van der Waals surface area (Å²) in [5.74, 6) is 1.55. The summed E-state index contributed by atoms with van der Waals surface area (Å²) < 4.78 is 18.7. The van der Waals surface area contributed by atoms with E-state index in [0.717, 1.165) is 53.7 Å². The summed E-state index contributed by atoms with van der Waals surface area (Å²) in [6, 6.07) is 7.31. The molecule has 2 aromatic heterocycles. The second-order valence-corrected chi connectivity index (χ2v) is 9.32. The Hall–Kier alpha value is -2.23. The van der Waals surface area contributed by atoms with Crippen molar-refractivity contribution in [3.05, 3.63) is 41.3 Å². The molecule has 1 fully saturated rings. The molecule has 0 unspecified atom stereocenters. The first-order valence-corrected chi connectivity index (χ1v) is 12.4. The van der Waals surface area contributed by atoms with Gasteiger partial charge < -0.3 is 15.4 Å². The molecule has 1 aromatic carbocycles. The highest BCUT2D eigenvalue weighted by molar-refractivity contribution is 8.00. The number of nitrogens with one attached hydrogen (secondary N) is 3. The Morgan fingerprint density at radius 1 is 1.23 bits per heavy atom. The van der Waals surface area contributed by atoms with Crippen LogP contribution in [0.15, 0.2) is 30.5 Å². The molecule has 9 heteroatoms. The molecule has 6 nitrogen and oxygen atoms in total. The van der Waals surface area contributed by atoms with Gasteiger partial charge >= 0.3 is 0 Å². The van der Waals surface area contributed by atoms with Gasteiger partial charge in [-0.25, -0.2) is 19.3 Å². The average molecular weight is 459 g/mol. The Bertz CT molecular complexity index is 1020. The lowest BCUT2D eigenvalue weighted by Gasteiger charge is -2.20. The molecule has 3 heterocycles. The summed E-state index contributed by atoms with van der Waals surface area (Å²) in [5, 5.41) is 7.44. The molecular weight excluding hydrogens is 431 g/mol. The van der Waals surface area contributed by atoms with E-state index in [9.17, 15) is 0 Å². The molecule has 0 saturated carbocycles. The molecular formula is C22H27FN6S2. The number of hydrogen-bond acceptors (Lipinski definition) is 8. The van der Waals surface area contributed by atoms with E-state index in [4.69, 9.17) is 4.98 Å². The van der Waals surface area contributed by atoms with Crippen molar-refractivity contribution < 1.29 is 4.39 Å². The second kappa shape index (κ2) is 10.4. The van der Waals surface area contributed by atoms with Gasteiger partial charge in [0.15, 0.2) is 5.82 Å². The van der Waals surface area contributed by atoms with Crippen LogP contribution < -0.4 is 15.4 Å². The van der Waals surface area contributed by atoms with Crippen LogP contribution in [0.1, 0.15) is 37.1 Å². The monoisotopic (exact) mass is 458 g/mol. The minimum absolute atomic E-state index is 0.280. The highest BCUT2D eigenvalue weighted by Crippen LogP contribution is 2.42. The normalized spacial score (nSPS) is 14.5. The number of aromatic nitrogens is 3. The summed E-state index contributed by atoms with van der Waals surface area (Å²) in [6.07, 6.45) is 4.82. The van der Waals surface area contributed by atoms with Crippen molar-refractivity contribution in [3.8, 4) is 21.8 Å². The molecule has 0 radical (unpaired) electrons. The first-order chi connectivity index (χ1) is 15.2. The fourth-order valence-electron chi connectivity index (χ4n) is 3.57. The van der Waals surface area contributed by atoms with Crippen LogP contribution in [0.25, 0.3) is 21.8 Å². The number of thiazole rings is 1. The predicted octanol–water partition coefficient (Wildman–Crippen LogP) is 5.39. The molecule has 0 bridgehead atoms. The topological polar surface area (TPSA) is 74.8 Å². The number of anilines is 2. The zero-order valence-electron chi connectivity index (χ0n) is 17.7. The largest absolute Gasteiger partial charge is 0.357 e. The zero-order valence-corrected chi connectivity index (χ0v) is 19.4. The molecule has 31 heavy (non-hydrogen) atoms. The van der Waals surface area contributed by atoms with Crippen LogP contribution in [0.3, 0.4) is 0 Å². The van der Waals surface area contributed by atoms with Crippen LogP contribution >= 0.6 is 23.3 Å². The summed E-state index contributed by atoms with van der Waals surface area (Å²) in [7, 11) is 1.79. The molecule has 0 atom stereocenters. The minimum atomic E-state index is -0.280. The number of rotatable bonds is 8. The van der Waals surface area contributed by atoms with E-state index in [1.165, 1.54) is 11.9 Å². The number of piperidine rings is 1. The first-order valence-electron chi connectivity index (χ1n) is 10.6. The van der Waals surface area contributed by atoms with Crippen molar-refractivity contribution >= 4 is 34.9 Å². The molecule has 4 rings (SSSR count). The second-order valence-electron chi connectivity index (χ2n) is 7.39. The lowest BCUT2D eigenvalue weighted by molar-refractivity contribution is 0.459. The zero-order chi connectivity index (χ0) is 21.6. The van der Waals surface area contributed by atoms with Crippen molar-refractivity contribution in [1.29, 1.82) is 0 Å². The van der Waals surface area contributed by atoms with Crippen LogP contribution in [-0.4, -0.2) is 40.8 Å². The molecule has 0 amide bonds. The van der Waals surface area contributed by atoms with Crippen molar-refractivity contribution in [2.75, 3.05) is 35.9 Å². The quantitative estimate of drug-likeness (QED) is 0.309. The SMILES string of the molecule is CCCSNc1cccc(-c2nc(C3CCNCC3)sc2-c2ccnc(NC)n2)c1F. The third-order valence-corrected chi connectivity index (χ3v) is 7.40. The number of benzene rings is 1. The van der Waals surface area contributed by atoms with Crippen LogP contribution in [0.5, 0.6) is 0 Å². The molecule has 0 spiro atoms. The fraction of sp³-hybridized carbons (Fsp3) is 0.409. The van der Waals surface area contributed by atoms with Crippen LogP contribution in [0.4, 0.5) is 16.0 Å². The van der Waals surface area contributed by atoms with Gasteiger partial charge in [0.2, 0.25) is 5.95 Å². The third kappa shape index (κ3) is 4.99. The Labute approximate surface area is 190 Å². The third-order valence-electron chi connectivity index (χ3n) is 5.19. The number of nitrogens with zero attached hydrogens (tertiary/aromatic N) is 3. The summed E-state index contributed by atoms with van der Waals surface area (Å²) >= 11 is 3.13. The minimum Gasteiger partial charge on any atom is -0.357 e. The Kier molecular flexibility index (Phi) is 7.37. The lowest BCUT2D eigenvalue weighted by Crippen LogP contribution is -2.26. The maximum absolute atomic E-state index is 15.5. The highest BCUT2D eigenvalue weighted by atomic mass is 32.2. The molecule has 164 valence electrons. The molecule has 3 aromatic rings.